The largest absolute Gasteiger partial charge is 0.478 e. The summed E-state index contributed by atoms with van der Waals surface area (Å²) >= 11 is 5.68. The Morgan fingerprint density at radius 2 is 1.65 bits per heavy atom. The molecule has 0 bridgehead atoms. The molecular formula is C17H15ClN2O5S. The van der Waals surface area contributed by atoms with Crippen LogP contribution in [-0.4, -0.2) is 24.0 Å². The van der Waals surface area contributed by atoms with Crippen molar-refractivity contribution in [2.24, 2.45) is 5.84 Å². The molecule has 0 aromatic heterocycles. The van der Waals surface area contributed by atoms with Gasteiger partial charge in [-0.1, -0.05) is 48.0 Å². The van der Waals surface area contributed by atoms with Crippen LogP contribution in [0.3, 0.4) is 0 Å². The number of carboxylic acid groups (broad SMARTS) is 1. The Hall–Kier alpha value is -2.65. The lowest BCUT2D eigenvalue weighted by Gasteiger charge is -2.05. The van der Waals surface area contributed by atoms with E-state index in [1.165, 1.54) is 12.1 Å². The second-order valence-corrected chi connectivity index (χ2v) is 6.90. The van der Waals surface area contributed by atoms with Gasteiger partial charge in [0.15, 0.2) is 0 Å². The molecule has 3 rings (SSSR count). The van der Waals surface area contributed by atoms with Crippen molar-refractivity contribution >= 4 is 44.1 Å². The van der Waals surface area contributed by atoms with Crippen LogP contribution in [-0.2, 0) is 10.1 Å². The predicted molar refractivity (Wildman–Crippen MR) is 100.0 cm³/mol. The summed E-state index contributed by atoms with van der Waals surface area (Å²) < 4.78 is 31.4. The van der Waals surface area contributed by atoms with Crippen molar-refractivity contribution in [1.29, 1.82) is 0 Å². The van der Waals surface area contributed by atoms with Crippen LogP contribution in [0.2, 0.25) is 5.02 Å². The minimum atomic E-state index is -4.45. The van der Waals surface area contributed by atoms with Crippen LogP contribution in [0, 0.1) is 0 Å². The highest BCUT2D eigenvalue weighted by atomic mass is 35.5. The molecule has 0 fully saturated rings. The highest BCUT2D eigenvalue weighted by Gasteiger charge is 2.17. The van der Waals surface area contributed by atoms with E-state index >= 15 is 0 Å². The summed E-state index contributed by atoms with van der Waals surface area (Å²) in [7, 11) is -4.45. The van der Waals surface area contributed by atoms with E-state index < -0.39 is 21.0 Å². The maximum Gasteiger partial charge on any atom is 0.335 e. The number of nitrogens with two attached hydrogens (primary N) is 1. The zero-order valence-corrected chi connectivity index (χ0v) is 14.8. The first kappa shape index (κ1) is 19.7. The molecule has 0 aliphatic carbocycles. The number of rotatable bonds is 3. The summed E-state index contributed by atoms with van der Waals surface area (Å²) in [6.45, 7) is 0. The molecule has 136 valence electrons. The SMILES string of the molecule is NNc1ccccc1Cl.O=C(O)c1cc(S(=O)(=O)O)c2ccccc2c1. The molecule has 0 heterocycles. The first-order chi connectivity index (χ1) is 12.2. The van der Waals surface area contributed by atoms with Crippen LogP contribution < -0.4 is 11.3 Å². The summed E-state index contributed by atoms with van der Waals surface area (Å²) in [6, 6.07) is 15.9. The van der Waals surface area contributed by atoms with Crippen molar-refractivity contribution in [2.45, 2.75) is 4.90 Å². The van der Waals surface area contributed by atoms with Crippen LogP contribution in [0.25, 0.3) is 10.8 Å². The van der Waals surface area contributed by atoms with Gasteiger partial charge in [0.05, 0.1) is 16.3 Å². The quantitative estimate of drug-likeness (QED) is 0.304. The van der Waals surface area contributed by atoms with Crippen molar-refractivity contribution in [3.8, 4) is 0 Å². The zero-order valence-electron chi connectivity index (χ0n) is 13.3. The molecule has 0 spiro atoms. The van der Waals surface area contributed by atoms with Gasteiger partial charge in [-0.05, 0) is 29.7 Å². The fraction of sp³-hybridized carbons (Fsp3) is 0. The Labute approximate surface area is 154 Å². The van der Waals surface area contributed by atoms with E-state index in [2.05, 4.69) is 5.43 Å². The van der Waals surface area contributed by atoms with Crippen LogP contribution in [0.15, 0.2) is 65.6 Å². The minimum absolute atomic E-state index is 0.184. The third-order valence-corrected chi connectivity index (χ3v) is 4.60. The number of hydrazine groups is 1. The number of fused-ring (bicyclic) bond motifs is 1. The second-order valence-electron chi connectivity index (χ2n) is 5.10. The molecule has 9 heteroatoms. The monoisotopic (exact) mass is 394 g/mol. The molecule has 0 atom stereocenters. The van der Waals surface area contributed by atoms with Crippen molar-refractivity contribution in [3.63, 3.8) is 0 Å². The number of carboxylic acids is 1. The van der Waals surface area contributed by atoms with E-state index in [0.717, 1.165) is 11.8 Å². The molecule has 0 aliphatic heterocycles. The second kappa shape index (κ2) is 8.15. The smallest absolute Gasteiger partial charge is 0.335 e. The molecule has 0 unspecified atom stereocenters. The fourth-order valence-electron chi connectivity index (χ4n) is 2.19. The van der Waals surface area contributed by atoms with Crippen LogP contribution >= 0.6 is 11.6 Å². The maximum atomic E-state index is 11.2. The third kappa shape index (κ3) is 4.70. The van der Waals surface area contributed by atoms with E-state index in [1.54, 1.807) is 24.3 Å². The van der Waals surface area contributed by atoms with Gasteiger partial charge < -0.3 is 10.5 Å². The number of nitrogens with one attached hydrogen (secondary N) is 1. The normalized spacial score (nSPS) is 10.7. The number of aromatic carboxylic acids is 1. The highest BCUT2D eigenvalue weighted by molar-refractivity contribution is 7.86. The topological polar surface area (TPSA) is 130 Å². The van der Waals surface area contributed by atoms with Gasteiger partial charge >= 0.3 is 5.97 Å². The Balaban J connectivity index is 0.000000228. The van der Waals surface area contributed by atoms with E-state index in [0.29, 0.717) is 15.8 Å². The summed E-state index contributed by atoms with van der Waals surface area (Å²) in [5.41, 5.74) is 3.03. The summed E-state index contributed by atoms with van der Waals surface area (Å²) in [5, 5.41) is 10.2. The number of benzene rings is 3. The number of nitrogen functional groups attached to an aromatic ring is 1. The van der Waals surface area contributed by atoms with E-state index in [-0.39, 0.29) is 5.56 Å². The number of para-hydroxylation sites is 1. The molecule has 0 saturated heterocycles. The molecule has 26 heavy (non-hydrogen) atoms. The first-order valence-electron chi connectivity index (χ1n) is 7.18. The van der Waals surface area contributed by atoms with Gasteiger partial charge in [0, 0.05) is 5.39 Å². The summed E-state index contributed by atoms with van der Waals surface area (Å²) in [5.74, 6) is 3.87. The summed E-state index contributed by atoms with van der Waals surface area (Å²) in [4.78, 5) is 10.5. The molecule has 3 aromatic carbocycles. The third-order valence-electron chi connectivity index (χ3n) is 3.38. The molecule has 0 amide bonds. The molecule has 3 aromatic rings. The maximum absolute atomic E-state index is 11.2. The van der Waals surface area contributed by atoms with Gasteiger partial charge in [0.2, 0.25) is 0 Å². The standard InChI is InChI=1S/C11H8O5S.C6H7ClN2/c12-11(13)8-5-7-3-1-2-4-9(7)10(6-8)17(14,15)16;7-5-3-1-2-4-6(5)9-8/h1-6H,(H,12,13)(H,14,15,16);1-4,9H,8H2. The van der Waals surface area contributed by atoms with Crippen molar-refractivity contribution in [3.05, 3.63) is 71.2 Å². The molecule has 0 radical (unpaired) electrons. The number of anilines is 1. The Morgan fingerprint density at radius 1 is 1.04 bits per heavy atom. The fourth-order valence-corrected chi connectivity index (χ4v) is 3.12. The van der Waals surface area contributed by atoms with Gasteiger partial charge in [-0.25, -0.2) is 4.79 Å². The Bertz CT molecular complexity index is 1050. The van der Waals surface area contributed by atoms with Crippen molar-refractivity contribution in [1.82, 2.24) is 0 Å². The van der Waals surface area contributed by atoms with Gasteiger partial charge in [-0.3, -0.25) is 10.4 Å². The van der Waals surface area contributed by atoms with Gasteiger partial charge in [-0.15, -0.1) is 0 Å². The van der Waals surface area contributed by atoms with Gasteiger partial charge in [-0.2, -0.15) is 8.42 Å². The number of hydrogen-bond donors (Lipinski definition) is 4. The van der Waals surface area contributed by atoms with E-state index in [9.17, 15) is 13.2 Å². The number of carbonyl (C=O) groups is 1. The molecule has 0 aliphatic rings. The lowest BCUT2D eigenvalue weighted by atomic mass is 10.1. The van der Waals surface area contributed by atoms with E-state index in [1.807, 2.05) is 18.2 Å². The van der Waals surface area contributed by atoms with Gasteiger partial charge in [0.1, 0.15) is 4.90 Å². The number of hydrogen-bond acceptors (Lipinski definition) is 5. The lowest BCUT2D eigenvalue weighted by molar-refractivity contribution is 0.0697. The van der Waals surface area contributed by atoms with Crippen molar-refractivity contribution in [2.75, 3.05) is 5.43 Å². The van der Waals surface area contributed by atoms with Crippen LogP contribution in [0.1, 0.15) is 10.4 Å². The average Bonchev–Trinajstić information content (AvgIpc) is 2.61. The highest BCUT2D eigenvalue weighted by Crippen LogP contribution is 2.25. The summed E-state index contributed by atoms with van der Waals surface area (Å²) in [6.07, 6.45) is 0. The van der Waals surface area contributed by atoms with E-state index in [4.69, 9.17) is 27.1 Å². The van der Waals surface area contributed by atoms with Crippen LogP contribution in [0.5, 0.6) is 0 Å². The predicted octanol–water partition coefficient (Wildman–Crippen LogP) is 3.41. The molecular weight excluding hydrogens is 380 g/mol. The lowest BCUT2D eigenvalue weighted by Crippen LogP contribution is -2.06. The zero-order chi connectivity index (χ0) is 19.3. The minimum Gasteiger partial charge on any atom is -0.478 e. The molecule has 7 nitrogen and oxygen atoms in total. The van der Waals surface area contributed by atoms with Crippen molar-refractivity contribution < 1.29 is 22.9 Å². The molecule has 0 saturated carbocycles. The van der Waals surface area contributed by atoms with Gasteiger partial charge in [0.25, 0.3) is 10.1 Å². The number of halogens is 1. The average molecular weight is 395 g/mol. The first-order valence-corrected chi connectivity index (χ1v) is 9.00. The Kier molecular flexibility index (Phi) is 6.17. The molecule has 5 N–H and O–H groups in total. The Morgan fingerprint density at radius 3 is 2.19 bits per heavy atom. The van der Waals surface area contributed by atoms with Crippen LogP contribution in [0.4, 0.5) is 5.69 Å².